The first kappa shape index (κ1) is 19.2. The van der Waals surface area contributed by atoms with Crippen molar-refractivity contribution in [3.05, 3.63) is 23.6 Å². The average molecular weight is 364 g/mol. The number of aromatic nitrogens is 1. The van der Waals surface area contributed by atoms with Gasteiger partial charge in [0.15, 0.2) is 5.13 Å². The summed E-state index contributed by atoms with van der Waals surface area (Å²) in [6.45, 7) is 7.88. The second-order valence-corrected chi connectivity index (χ2v) is 6.43. The number of hydrogen-bond donors (Lipinski definition) is 1. The first-order valence-corrected chi connectivity index (χ1v) is 9.45. The molecular formula is C18H24N2O4S. The van der Waals surface area contributed by atoms with E-state index < -0.39 is 5.97 Å². The number of esters is 1. The molecule has 0 radical (unpaired) electrons. The van der Waals surface area contributed by atoms with Crippen LogP contribution in [0.15, 0.2) is 16.5 Å². The number of ether oxygens (including phenoxy) is 1. The Morgan fingerprint density at radius 3 is 2.68 bits per heavy atom. The van der Waals surface area contributed by atoms with E-state index in [1.165, 1.54) is 11.3 Å². The maximum Gasteiger partial charge on any atom is 0.374 e. The van der Waals surface area contributed by atoms with Crippen LogP contribution in [0.25, 0.3) is 10.6 Å². The minimum Gasteiger partial charge on any atom is -0.460 e. The Kier molecular flexibility index (Phi) is 6.75. The lowest BCUT2D eigenvalue weighted by Crippen LogP contribution is -2.27. The summed E-state index contributed by atoms with van der Waals surface area (Å²) in [7, 11) is 0. The molecular weight excluding hydrogens is 340 g/mol. The van der Waals surface area contributed by atoms with Gasteiger partial charge in [-0.25, -0.2) is 9.78 Å². The highest BCUT2D eigenvalue weighted by molar-refractivity contribution is 7.19. The molecule has 1 fully saturated rings. The highest BCUT2D eigenvalue weighted by atomic mass is 32.1. The minimum absolute atomic E-state index is 0.0307. The number of amides is 1. The summed E-state index contributed by atoms with van der Waals surface area (Å²) in [5, 5.41) is 3.42. The molecule has 0 aromatic carbocycles. The fraction of sp³-hybridized carbons (Fsp3) is 0.500. The van der Waals surface area contributed by atoms with Gasteiger partial charge in [0, 0.05) is 5.92 Å². The van der Waals surface area contributed by atoms with Gasteiger partial charge in [-0.15, -0.1) is 0 Å². The van der Waals surface area contributed by atoms with Crippen molar-refractivity contribution in [1.29, 1.82) is 0 Å². The van der Waals surface area contributed by atoms with Gasteiger partial charge < -0.3 is 14.5 Å². The molecule has 2 heterocycles. The number of hydrogen-bond acceptors (Lipinski definition) is 6. The fourth-order valence-corrected chi connectivity index (χ4v) is 3.26. The van der Waals surface area contributed by atoms with E-state index in [2.05, 4.69) is 10.3 Å². The third-order valence-electron chi connectivity index (χ3n) is 3.81. The van der Waals surface area contributed by atoms with E-state index >= 15 is 0 Å². The third-order valence-corrected chi connectivity index (χ3v) is 4.90. The summed E-state index contributed by atoms with van der Waals surface area (Å²) in [6, 6.07) is 3.30. The van der Waals surface area contributed by atoms with Crippen LogP contribution in [0, 0.1) is 12.8 Å². The summed E-state index contributed by atoms with van der Waals surface area (Å²) in [5.74, 6) is 0.367. The molecule has 136 valence electrons. The summed E-state index contributed by atoms with van der Waals surface area (Å²) >= 11 is 1.34. The van der Waals surface area contributed by atoms with Crippen LogP contribution in [0.3, 0.4) is 0 Å². The Bertz CT molecular complexity index is 731. The molecule has 0 saturated heterocycles. The summed E-state index contributed by atoms with van der Waals surface area (Å²) in [6.07, 6.45) is 3.01. The summed E-state index contributed by atoms with van der Waals surface area (Å²) in [4.78, 5) is 28.8. The lowest BCUT2D eigenvalue weighted by Gasteiger charge is -2.23. The molecule has 2 aromatic rings. The van der Waals surface area contributed by atoms with Crippen molar-refractivity contribution in [3.63, 3.8) is 0 Å². The van der Waals surface area contributed by atoms with Crippen molar-refractivity contribution in [2.75, 3.05) is 11.9 Å². The van der Waals surface area contributed by atoms with Crippen molar-refractivity contribution in [2.45, 2.75) is 47.0 Å². The van der Waals surface area contributed by atoms with E-state index in [0.29, 0.717) is 17.5 Å². The number of rotatable bonds is 5. The molecule has 0 bridgehead atoms. The molecule has 0 atom stereocenters. The van der Waals surface area contributed by atoms with Crippen LogP contribution in [-0.2, 0) is 9.53 Å². The van der Waals surface area contributed by atoms with Crippen molar-refractivity contribution in [1.82, 2.24) is 4.98 Å². The molecule has 7 heteroatoms. The highest BCUT2D eigenvalue weighted by Gasteiger charge is 2.26. The molecule has 25 heavy (non-hydrogen) atoms. The number of thiazole rings is 1. The van der Waals surface area contributed by atoms with Gasteiger partial charge in [-0.05, 0) is 38.8 Å². The topological polar surface area (TPSA) is 81.4 Å². The Hall–Kier alpha value is -2.15. The number of anilines is 1. The molecule has 1 N–H and O–H groups in total. The Morgan fingerprint density at radius 1 is 1.36 bits per heavy atom. The Balaban J connectivity index is 0.00000109. The predicted octanol–water partition coefficient (Wildman–Crippen LogP) is 4.65. The van der Waals surface area contributed by atoms with Crippen LogP contribution in [0.4, 0.5) is 5.13 Å². The SMILES string of the molecule is CC.CCOC(=O)c1ccc(-c2sc(NC(=O)C3CCC3)nc2C)o1. The van der Waals surface area contributed by atoms with Gasteiger partial charge in [0.1, 0.15) is 5.76 Å². The van der Waals surface area contributed by atoms with Crippen LogP contribution in [0.5, 0.6) is 0 Å². The van der Waals surface area contributed by atoms with Gasteiger partial charge in [0.25, 0.3) is 0 Å². The van der Waals surface area contributed by atoms with Crippen molar-refractivity contribution < 1.29 is 18.7 Å². The number of furan rings is 1. The zero-order valence-corrected chi connectivity index (χ0v) is 15.9. The van der Waals surface area contributed by atoms with Crippen LogP contribution in [-0.4, -0.2) is 23.5 Å². The Labute approximate surface area is 151 Å². The standard InChI is InChI=1S/C16H18N2O4S.C2H6/c1-3-21-15(20)12-8-7-11(22-12)13-9(2)17-16(23-13)18-14(19)10-5-4-6-10;1-2/h7-8,10H,3-6H2,1-2H3,(H,17,18,19);1-2H3. The molecule has 3 rings (SSSR count). The van der Waals surface area contributed by atoms with E-state index in [-0.39, 0.29) is 17.6 Å². The van der Waals surface area contributed by atoms with Crippen LogP contribution < -0.4 is 5.32 Å². The maximum atomic E-state index is 12.0. The smallest absolute Gasteiger partial charge is 0.374 e. The zero-order valence-electron chi connectivity index (χ0n) is 15.0. The second kappa shape index (κ2) is 8.80. The van der Waals surface area contributed by atoms with Gasteiger partial charge in [0.05, 0.1) is 17.2 Å². The van der Waals surface area contributed by atoms with Crippen LogP contribution in [0.2, 0.25) is 0 Å². The molecule has 0 aliphatic heterocycles. The van der Waals surface area contributed by atoms with Crippen molar-refractivity contribution >= 4 is 28.3 Å². The lowest BCUT2D eigenvalue weighted by molar-refractivity contribution is -0.122. The molecule has 2 aromatic heterocycles. The van der Waals surface area contributed by atoms with E-state index in [9.17, 15) is 9.59 Å². The van der Waals surface area contributed by atoms with Gasteiger partial charge in [-0.3, -0.25) is 4.79 Å². The zero-order chi connectivity index (χ0) is 18.4. The van der Waals surface area contributed by atoms with Gasteiger partial charge in [0.2, 0.25) is 11.7 Å². The predicted molar refractivity (Wildman–Crippen MR) is 97.8 cm³/mol. The number of nitrogens with zero attached hydrogens (tertiary/aromatic N) is 1. The minimum atomic E-state index is -0.487. The summed E-state index contributed by atoms with van der Waals surface area (Å²) < 4.78 is 10.5. The Morgan fingerprint density at radius 2 is 2.08 bits per heavy atom. The average Bonchev–Trinajstić information content (AvgIpc) is 3.14. The van der Waals surface area contributed by atoms with Crippen molar-refractivity contribution in [3.8, 4) is 10.6 Å². The number of carbonyl (C=O) groups is 2. The molecule has 0 unspecified atom stereocenters. The molecule has 0 spiro atoms. The largest absolute Gasteiger partial charge is 0.460 e. The number of aryl methyl sites for hydroxylation is 1. The van der Waals surface area contributed by atoms with Crippen LogP contribution in [0.1, 0.15) is 56.3 Å². The normalized spacial score (nSPS) is 13.4. The van der Waals surface area contributed by atoms with E-state index in [1.54, 1.807) is 19.1 Å². The third kappa shape index (κ3) is 4.48. The first-order valence-electron chi connectivity index (χ1n) is 8.64. The lowest BCUT2D eigenvalue weighted by atomic mass is 9.85. The van der Waals surface area contributed by atoms with Gasteiger partial charge in [-0.2, -0.15) is 0 Å². The highest BCUT2D eigenvalue weighted by Crippen LogP contribution is 2.35. The second-order valence-electron chi connectivity index (χ2n) is 5.43. The number of nitrogens with one attached hydrogen (secondary N) is 1. The molecule has 1 aliphatic carbocycles. The van der Waals surface area contributed by atoms with Crippen molar-refractivity contribution in [2.24, 2.45) is 5.92 Å². The monoisotopic (exact) mass is 364 g/mol. The van der Waals surface area contributed by atoms with E-state index in [4.69, 9.17) is 9.15 Å². The number of carbonyl (C=O) groups excluding carboxylic acids is 2. The molecule has 6 nitrogen and oxygen atoms in total. The first-order chi connectivity index (χ1) is 12.1. The van der Waals surface area contributed by atoms with Gasteiger partial charge in [-0.1, -0.05) is 31.6 Å². The van der Waals surface area contributed by atoms with E-state index in [0.717, 1.165) is 29.8 Å². The molecule has 1 aliphatic rings. The van der Waals surface area contributed by atoms with Gasteiger partial charge >= 0.3 is 5.97 Å². The summed E-state index contributed by atoms with van der Waals surface area (Å²) in [5.41, 5.74) is 0.753. The van der Waals surface area contributed by atoms with E-state index in [1.807, 2.05) is 20.8 Å². The molecule has 1 amide bonds. The quantitative estimate of drug-likeness (QED) is 0.781. The fourth-order valence-electron chi connectivity index (χ4n) is 2.33. The maximum absolute atomic E-state index is 12.0. The molecule has 1 saturated carbocycles. The van der Waals surface area contributed by atoms with Crippen LogP contribution >= 0.6 is 11.3 Å².